The van der Waals surface area contributed by atoms with Crippen molar-refractivity contribution in [3.63, 3.8) is 0 Å². The molecular formula is C16H24ClN5O2. The Morgan fingerprint density at radius 3 is 2.79 bits per heavy atom. The van der Waals surface area contributed by atoms with Crippen molar-refractivity contribution >= 4 is 17.5 Å². The standard InChI is InChI=1S/C16H24ClN5O2/c1-4-6-7-22-16(19-20-21-22)18-11-12-9-13(17)15(24-8-5-2)14(10-12)23-3/h9-10H,4-8,11H2,1-3H3,(H,18,19,21). The zero-order valence-electron chi connectivity index (χ0n) is 14.4. The van der Waals surface area contributed by atoms with Gasteiger partial charge in [0.1, 0.15) is 0 Å². The molecule has 0 aliphatic carbocycles. The van der Waals surface area contributed by atoms with Crippen LogP contribution in [-0.4, -0.2) is 33.9 Å². The Balaban J connectivity index is 2.07. The van der Waals surface area contributed by atoms with Gasteiger partial charge in [0.25, 0.3) is 0 Å². The first-order valence-corrected chi connectivity index (χ1v) is 8.56. The number of aryl methyl sites for hydroxylation is 1. The second kappa shape index (κ2) is 9.32. The van der Waals surface area contributed by atoms with Gasteiger partial charge in [-0.1, -0.05) is 37.0 Å². The Labute approximate surface area is 147 Å². The third-order valence-electron chi connectivity index (χ3n) is 3.45. The fourth-order valence-electron chi connectivity index (χ4n) is 2.19. The Kier molecular flexibility index (Phi) is 7.11. The normalized spacial score (nSPS) is 10.7. The summed E-state index contributed by atoms with van der Waals surface area (Å²) in [6, 6.07) is 3.77. The molecule has 0 bridgehead atoms. The van der Waals surface area contributed by atoms with E-state index in [0.29, 0.717) is 35.6 Å². The van der Waals surface area contributed by atoms with E-state index >= 15 is 0 Å². The molecule has 24 heavy (non-hydrogen) atoms. The third kappa shape index (κ3) is 4.74. The first kappa shape index (κ1) is 18.3. The first-order valence-electron chi connectivity index (χ1n) is 8.18. The molecule has 1 aromatic heterocycles. The van der Waals surface area contributed by atoms with E-state index in [4.69, 9.17) is 21.1 Å². The number of hydrogen-bond donors (Lipinski definition) is 1. The summed E-state index contributed by atoms with van der Waals surface area (Å²) >= 11 is 6.33. The average Bonchev–Trinajstić information content (AvgIpc) is 3.04. The fourth-order valence-corrected chi connectivity index (χ4v) is 2.48. The maximum Gasteiger partial charge on any atom is 0.243 e. The topological polar surface area (TPSA) is 74.1 Å². The lowest BCUT2D eigenvalue weighted by Gasteiger charge is -2.14. The Morgan fingerprint density at radius 1 is 1.25 bits per heavy atom. The summed E-state index contributed by atoms with van der Waals surface area (Å²) in [6.45, 7) is 6.10. The van der Waals surface area contributed by atoms with E-state index in [1.165, 1.54) is 0 Å². The van der Waals surface area contributed by atoms with Gasteiger partial charge in [0.15, 0.2) is 11.5 Å². The molecular weight excluding hydrogens is 330 g/mol. The van der Waals surface area contributed by atoms with Gasteiger partial charge < -0.3 is 14.8 Å². The van der Waals surface area contributed by atoms with Gasteiger partial charge in [0.05, 0.1) is 18.7 Å². The summed E-state index contributed by atoms with van der Waals surface area (Å²) in [4.78, 5) is 0. The number of halogens is 1. The lowest BCUT2D eigenvalue weighted by molar-refractivity contribution is 0.294. The molecule has 0 fully saturated rings. The highest BCUT2D eigenvalue weighted by molar-refractivity contribution is 6.32. The number of unbranched alkanes of at least 4 members (excludes halogenated alkanes) is 1. The highest BCUT2D eigenvalue weighted by Crippen LogP contribution is 2.36. The quantitative estimate of drug-likeness (QED) is 0.704. The van der Waals surface area contributed by atoms with Crippen LogP contribution in [0, 0.1) is 0 Å². The summed E-state index contributed by atoms with van der Waals surface area (Å²) in [5.41, 5.74) is 0.964. The van der Waals surface area contributed by atoms with Crippen molar-refractivity contribution in [1.29, 1.82) is 0 Å². The number of hydrogen-bond acceptors (Lipinski definition) is 6. The molecule has 7 nitrogen and oxygen atoms in total. The molecule has 0 atom stereocenters. The Bertz CT molecular complexity index is 647. The maximum absolute atomic E-state index is 6.33. The van der Waals surface area contributed by atoms with Crippen LogP contribution in [0.1, 0.15) is 38.7 Å². The number of methoxy groups -OCH3 is 1. The van der Waals surface area contributed by atoms with Crippen LogP contribution in [0.5, 0.6) is 11.5 Å². The molecule has 2 rings (SSSR count). The van der Waals surface area contributed by atoms with Crippen molar-refractivity contribution in [2.24, 2.45) is 0 Å². The maximum atomic E-state index is 6.33. The van der Waals surface area contributed by atoms with Crippen LogP contribution in [0.25, 0.3) is 0 Å². The molecule has 0 amide bonds. The SMILES string of the molecule is CCCCn1nnnc1NCc1cc(Cl)c(OCCC)c(OC)c1. The van der Waals surface area contributed by atoms with Gasteiger partial charge in [-0.3, -0.25) is 0 Å². The summed E-state index contributed by atoms with van der Waals surface area (Å²) < 4.78 is 12.8. The van der Waals surface area contributed by atoms with Crippen LogP contribution < -0.4 is 14.8 Å². The van der Waals surface area contributed by atoms with Crippen LogP contribution in [0.4, 0.5) is 5.95 Å². The van der Waals surface area contributed by atoms with Gasteiger partial charge in [-0.2, -0.15) is 0 Å². The molecule has 1 N–H and O–H groups in total. The third-order valence-corrected chi connectivity index (χ3v) is 3.73. The van der Waals surface area contributed by atoms with E-state index in [9.17, 15) is 0 Å². The molecule has 1 heterocycles. The molecule has 2 aromatic rings. The van der Waals surface area contributed by atoms with Crippen LogP contribution in [0.2, 0.25) is 5.02 Å². The molecule has 1 aromatic carbocycles. The molecule has 0 radical (unpaired) electrons. The predicted molar refractivity (Wildman–Crippen MR) is 93.8 cm³/mol. The van der Waals surface area contributed by atoms with E-state index in [2.05, 4.69) is 27.8 Å². The van der Waals surface area contributed by atoms with E-state index < -0.39 is 0 Å². The molecule has 8 heteroatoms. The zero-order valence-corrected chi connectivity index (χ0v) is 15.1. The zero-order chi connectivity index (χ0) is 17.4. The lowest BCUT2D eigenvalue weighted by Crippen LogP contribution is -2.09. The molecule has 0 saturated heterocycles. The number of rotatable bonds is 10. The number of tetrazole rings is 1. The Morgan fingerprint density at radius 2 is 2.08 bits per heavy atom. The highest BCUT2D eigenvalue weighted by Gasteiger charge is 2.13. The van der Waals surface area contributed by atoms with E-state index in [-0.39, 0.29) is 0 Å². The molecule has 0 unspecified atom stereocenters. The van der Waals surface area contributed by atoms with Gasteiger partial charge in [-0.25, -0.2) is 4.68 Å². The molecule has 0 saturated carbocycles. The number of ether oxygens (including phenoxy) is 2. The second-order valence-electron chi connectivity index (χ2n) is 5.39. The average molecular weight is 354 g/mol. The van der Waals surface area contributed by atoms with Crippen molar-refractivity contribution < 1.29 is 9.47 Å². The van der Waals surface area contributed by atoms with Gasteiger partial charge in [0.2, 0.25) is 5.95 Å². The van der Waals surface area contributed by atoms with Crippen LogP contribution >= 0.6 is 11.6 Å². The van der Waals surface area contributed by atoms with Crippen molar-refractivity contribution in [2.75, 3.05) is 19.0 Å². The minimum atomic E-state index is 0.533. The summed E-state index contributed by atoms with van der Waals surface area (Å²) in [7, 11) is 1.60. The monoisotopic (exact) mass is 353 g/mol. The number of benzene rings is 1. The smallest absolute Gasteiger partial charge is 0.243 e. The predicted octanol–water partition coefficient (Wildman–Crippen LogP) is 3.54. The number of nitrogens with zero attached hydrogens (tertiary/aromatic N) is 4. The highest BCUT2D eigenvalue weighted by atomic mass is 35.5. The minimum Gasteiger partial charge on any atom is -0.493 e. The largest absolute Gasteiger partial charge is 0.493 e. The van der Waals surface area contributed by atoms with E-state index in [1.807, 2.05) is 19.1 Å². The van der Waals surface area contributed by atoms with Gasteiger partial charge >= 0.3 is 0 Å². The van der Waals surface area contributed by atoms with Gasteiger partial charge in [0, 0.05) is 13.1 Å². The fraction of sp³-hybridized carbons (Fsp3) is 0.562. The Hall–Kier alpha value is -2.02. The van der Waals surface area contributed by atoms with Crippen molar-refractivity contribution in [3.05, 3.63) is 22.7 Å². The second-order valence-corrected chi connectivity index (χ2v) is 5.80. The molecule has 0 aliphatic heterocycles. The van der Waals surface area contributed by atoms with Gasteiger partial charge in [-0.05, 0) is 41.0 Å². The van der Waals surface area contributed by atoms with Gasteiger partial charge in [-0.15, -0.1) is 0 Å². The molecule has 0 aliphatic rings. The molecule has 0 spiro atoms. The lowest BCUT2D eigenvalue weighted by atomic mass is 10.2. The van der Waals surface area contributed by atoms with Crippen molar-refractivity contribution in [3.8, 4) is 11.5 Å². The van der Waals surface area contributed by atoms with Crippen LogP contribution in [-0.2, 0) is 13.1 Å². The van der Waals surface area contributed by atoms with Crippen LogP contribution in [0.15, 0.2) is 12.1 Å². The van der Waals surface area contributed by atoms with E-state index in [1.54, 1.807) is 11.8 Å². The number of aromatic nitrogens is 4. The first-order chi connectivity index (χ1) is 11.7. The molecule has 132 valence electrons. The number of anilines is 1. The summed E-state index contributed by atoms with van der Waals surface area (Å²) in [5, 5.41) is 15.5. The van der Waals surface area contributed by atoms with E-state index in [0.717, 1.165) is 31.4 Å². The summed E-state index contributed by atoms with van der Waals surface area (Å²) in [6.07, 6.45) is 3.03. The van der Waals surface area contributed by atoms with Crippen LogP contribution in [0.3, 0.4) is 0 Å². The summed E-state index contributed by atoms with van der Waals surface area (Å²) in [5.74, 6) is 1.85. The van der Waals surface area contributed by atoms with Crippen molar-refractivity contribution in [2.45, 2.75) is 46.2 Å². The van der Waals surface area contributed by atoms with Crippen molar-refractivity contribution in [1.82, 2.24) is 20.2 Å². The number of nitrogens with one attached hydrogen (secondary N) is 1. The minimum absolute atomic E-state index is 0.533.